The molecule has 0 aliphatic carbocycles. The Bertz CT molecular complexity index is 691. The Labute approximate surface area is 113 Å². The van der Waals surface area contributed by atoms with Crippen LogP contribution in [0.5, 0.6) is 0 Å². The van der Waals surface area contributed by atoms with Crippen molar-refractivity contribution < 1.29 is 14.3 Å². The number of nitrogens with zero attached hydrogens (tertiary/aromatic N) is 1. The Morgan fingerprint density at radius 2 is 1.95 bits per heavy atom. The molecular formula is C13H11N3O4. The van der Waals surface area contributed by atoms with Gasteiger partial charge in [0.1, 0.15) is 5.69 Å². The lowest BCUT2D eigenvalue weighted by atomic mass is 10.2. The van der Waals surface area contributed by atoms with E-state index in [1.165, 1.54) is 19.2 Å². The summed E-state index contributed by atoms with van der Waals surface area (Å²) in [6.45, 7) is 0. The van der Waals surface area contributed by atoms with Gasteiger partial charge in [0.25, 0.3) is 11.5 Å². The normalized spacial score (nSPS) is 9.85. The number of H-pyrrole nitrogens is 1. The van der Waals surface area contributed by atoms with E-state index in [0.717, 1.165) is 12.4 Å². The number of carbonyl (C=O) groups is 2. The monoisotopic (exact) mass is 273 g/mol. The summed E-state index contributed by atoms with van der Waals surface area (Å²) < 4.78 is 4.57. The lowest BCUT2D eigenvalue weighted by molar-refractivity contribution is 0.0600. The maximum atomic E-state index is 11.8. The zero-order chi connectivity index (χ0) is 14.5. The maximum absolute atomic E-state index is 11.8. The van der Waals surface area contributed by atoms with Gasteiger partial charge >= 0.3 is 5.97 Å². The average molecular weight is 273 g/mol. The highest BCUT2D eigenvalue weighted by Crippen LogP contribution is 2.11. The molecule has 1 aromatic heterocycles. The van der Waals surface area contributed by atoms with Crippen LogP contribution in [0.25, 0.3) is 0 Å². The molecular weight excluding hydrogens is 262 g/mol. The highest BCUT2D eigenvalue weighted by atomic mass is 16.5. The number of benzene rings is 1. The van der Waals surface area contributed by atoms with Crippen LogP contribution < -0.4 is 10.9 Å². The standard InChI is InChI=1S/C13H11N3O4/c1-20-13(19)8-2-4-9(5-3-8)16-12(18)10-6-11(17)15-7-14-10/h2-7H,1H3,(H,16,18)(H,14,15,17). The lowest BCUT2D eigenvalue weighted by Crippen LogP contribution is -2.17. The molecule has 1 heterocycles. The number of hydrogen-bond acceptors (Lipinski definition) is 5. The highest BCUT2D eigenvalue weighted by Gasteiger charge is 2.09. The fourth-order valence-electron chi connectivity index (χ4n) is 1.50. The molecule has 7 nitrogen and oxygen atoms in total. The van der Waals surface area contributed by atoms with E-state index in [1.54, 1.807) is 12.1 Å². The van der Waals surface area contributed by atoms with Crippen LogP contribution in [-0.2, 0) is 4.74 Å². The van der Waals surface area contributed by atoms with Crippen molar-refractivity contribution >= 4 is 17.6 Å². The van der Waals surface area contributed by atoms with Gasteiger partial charge in [-0.2, -0.15) is 0 Å². The minimum Gasteiger partial charge on any atom is -0.465 e. The molecule has 102 valence electrons. The number of nitrogens with one attached hydrogen (secondary N) is 2. The first-order chi connectivity index (χ1) is 9.60. The van der Waals surface area contributed by atoms with Crippen LogP contribution in [0.1, 0.15) is 20.8 Å². The fourth-order valence-corrected chi connectivity index (χ4v) is 1.50. The molecule has 0 aliphatic heterocycles. The Kier molecular flexibility index (Phi) is 3.90. The van der Waals surface area contributed by atoms with Crippen LogP contribution in [0.15, 0.2) is 41.5 Å². The number of anilines is 1. The molecule has 1 aromatic carbocycles. The second-order valence-corrected chi connectivity index (χ2v) is 3.82. The molecule has 7 heteroatoms. The average Bonchev–Trinajstić information content (AvgIpc) is 2.47. The third-order valence-electron chi connectivity index (χ3n) is 2.47. The quantitative estimate of drug-likeness (QED) is 0.806. The summed E-state index contributed by atoms with van der Waals surface area (Å²) in [5.41, 5.74) is 0.446. The number of hydrogen-bond donors (Lipinski definition) is 2. The Morgan fingerprint density at radius 1 is 1.25 bits per heavy atom. The van der Waals surface area contributed by atoms with Gasteiger partial charge in [-0.1, -0.05) is 0 Å². The van der Waals surface area contributed by atoms with Gasteiger partial charge in [0.15, 0.2) is 0 Å². The SMILES string of the molecule is COC(=O)c1ccc(NC(=O)c2cc(=O)[nH]cn2)cc1. The summed E-state index contributed by atoms with van der Waals surface area (Å²) in [7, 11) is 1.29. The molecule has 2 N–H and O–H groups in total. The molecule has 0 bridgehead atoms. The number of rotatable bonds is 3. The van der Waals surface area contributed by atoms with E-state index in [9.17, 15) is 14.4 Å². The van der Waals surface area contributed by atoms with Crippen molar-refractivity contribution in [2.24, 2.45) is 0 Å². The number of amides is 1. The summed E-state index contributed by atoms with van der Waals surface area (Å²) in [5, 5.41) is 2.56. The van der Waals surface area contributed by atoms with E-state index in [-0.39, 0.29) is 5.69 Å². The Morgan fingerprint density at radius 3 is 2.55 bits per heavy atom. The Hall–Kier alpha value is -2.96. The Balaban J connectivity index is 2.12. The van der Waals surface area contributed by atoms with Crippen molar-refractivity contribution in [1.82, 2.24) is 9.97 Å². The van der Waals surface area contributed by atoms with Gasteiger partial charge < -0.3 is 15.0 Å². The van der Waals surface area contributed by atoms with Crippen molar-refractivity contribution in [3.8, 4) is 0 Å². The fraction of sp³-hybridized carbons (Fsp3) is 0.0769. The lowest BCUT2D eigenvalue weighted by Gasteiger charge is -2.05. The van der Waals surface area contributed by atoms with Crippen LogP contribution in [0, 0.1) is 0 Å². The number of carbonyl (C=O) groups excluding carboxylic acids is 2. The van der Waals surface area contributed by atoms with Crippen LogP contribution in [0.3, 0.4) is 0 Å². The second-order valence-electron chi connectivity index (χ2n) is 3.82. The van der Waals surface area contributed by atoms with Crippen LogP contribution in [0.4, 0.5) is 5.69 Å². The van der Waals surface area contributed by atoms with Crippen LogP contribution in [0.2, 0.25) is 0 Å². The third-order valence-corrected chi connectivity index (χ3v) is 2.47. The van der Waals surface area contributed by atoms with Gasteiger partial charge in [-0.25, -0.2) is 9.78 Å². The van der Waals surface area contributed by atoms with Crippen molar-refractivity contribution in [2.45, 2.75) is 0 Å². The van der Waals surface area contributed by atoms with Gasteiger partial charge in [0, 0.05) is 11.8 Å². The van der Waals surface area contributed by atoms with Crippen molar-refractivity contribution in [3.63, 3.8) is 0 Å². The van der Waals surface area contributed by atoms with E-state index in [4.69, 9.17) is 0 Å². The van der Waals surface area contributed by atoms with Gasteiger partial charge in [-0.05, 0) is 24.3 Å². The third kappa shape index (κ3) is 3.08. The molecule has 20 heavy (non-hydrogen) atoms. The molecule has 2 aromatic rings. The maximum Gasteiger partial charge on any atom is 0.337 e. The summed E-state index contributed by atoms with van der Waals surface area (Å²) in [6, 6.07) is 7.24. The minimum absolute atomic E-state index is 0.00537. The number of aromatic nitrogens is 2. The van der Waals surface area contributed by atoms with E-state index < -0.39 is 17.4 Å². The predicted octanol–water partition coefficient (Wildman–Crippen LogP) is 0.809. The minimum atomic E-state index is -0.512. The number of aromatic amines is 1. The smallest absolute Gasteiger partial charge is 0.337 e. The van der Waals surface area contributed by atoms with Crippen molar-refractivity contribution in [1.29, 1.82) is 0 Å². The van der Waals surface area contributed by atoms with Crippen LogP contribution >= 0.6 is 0 Å². The van der Waals surface area contributed by atoms with E-state index >= 15 is 0 Å². The van der Waals surface area contributed by atoms with Gasteiger partial charge in [0.2, 0.25) is 0 Å². The first kappa shape index (κ1) is 13.5. The molecule has 1 amide bonds. The summed E-state index contributed by atoms with van der Waals surface area (Å²) in [6.07, 6.45) is 1.15. The zero-order valence-electron chi connectivity index (χ0n) is 10.5. The van der Waals surface area contributed by atoms with E-state index in [1.807, 2.05) is 0 Å². The molecule has 0 atom stereocenters. The molecule has 0 spiro atoms. The topological polar surface area (TPSA) is 101 Å². The van der Waals surface area contributed by atoms with E-state index in [2.05, 4.69) is 20.0 Å². The first-order valence-corrected chi connectivity index (χ1v) is 5.64. The van der Waals surface area contributed by atoms with Gasteiger partial charge in [-0.3, -0.25) is 9.59 Å². The zero-order valence-corrected chi connectivity index (χ0v) is 10.5. The molecule has 0 radical (unpaired) electrons. The highest BCUT2D eigenvalue weighted by molar-refractivity contribution is 6.03. The number of methoxy groups -OCH3 is 1. The molecule has 0 aliphatic rings. The second kappa shape index (κ2) is 5.79. The van der Waals surface area contributed by atoms with Crippen molar-refractivity contribution in [2.75, 3.05) is 12.4 Å². The molecule has 0 saturated heterocycles. The largest absolute Gasteiger partial charge is 0.465 e. The van der Waals surface area contributed by atoms with Gasteiger partial charge in [-0.15, -0.1) is 0 Å². The number of esters is 1. The van der Waals surface area contributed by atoms with Gasteiger partial charge in [0.05, 0.1) is 19.0 Å². The summed E-state index contributed by atoms with van der Waals surface area (Å²) >= 11 is 0. The molecule has 0 saturated carbocycles. The molecule has 0 unspecified atom stereocenters. The summed E-state index contributed by atoms with van der Waals surface area (Å²) in [5.74, 6) is -0.971. The van der Waals surface area contributed by atoms with Crippen molar-refractivity contribution in [3.05, 3.63) is 58.3 Å². The molecule has 0 fully saturated rings. The first-order valence-electron chi connectivity index (χ1n) is 5.64. The molecule has 2 rings (SSSR count). The van der Waals surface area contributed by atoms with Crippen LogP contribution in [-0.4, -0.2) is 29.0 Å². The van der Waals surface area contributed by atoms with E-state index in [0.29, 0.717) is 11.3 Å². The number of ether oxygens (including phenoxy) is 1. The summed E-state index contributed by atoms with van der Waals surface area (Å²) in [4.78, 5) is 40.2. The predicted molar refractivity (Wildman–Crippen MR) is 70.6 cm³/mol.